The fourth-order valence-corrected chi connectivity index (χ4v) is 2.26. The number of benzene rings is 1. The van der Waals surface area contributed by atoms with Gasteiger partial charge in [0.15, 0.2) is 0 Å². The smallest absolute Gasteiger partial charge is 0.274 e. The Morgan fingerprint density at radius 2 is 2.00 bits per heavy atom. The average molecular weight is 359 g/mol. The van der Waals surface area contributed by atoms with Crippen molar-refractivity contribution < 1.29 is 14.3 Å². The molecule has 0 unspecified atom stereocenters. The minimum absolute atomic E-state index is 0.264. The molecule has 1 heterocycles. The Kier molecular flexibility index (Phi) is 7.16. The number of ether oxygens (including phenoxy) is 2. The molecule has 0 aliphatic rings. The van der Waals surface area contributed by atoms with Crippen LogP contribution >= 0.6 is 0 Å². The Morgan fingerprint density at radius 3 is 2.69 bits per heavy atom. The van der Waals surface area contributed by atoms with Crippen LogP contribution in [0.3, 0.4) is 0 Å². The van der Waals surface area contributed by atoms with Gasteiger partial charge in [0.05, 0.1) is 19.9 Å². The summed E-state index contributed by atoms with van der Waals surface area (Å²) < 4.78 is 10.5. The number of methoxy groups -OCH3 is 2. The molecule has 2 rings (SSSR count). The zero-order valence-electron chi connectivity index (χ0n) is 15.6. The maximum absolute atomic E-state index is 12.5. The monoisotopic (exact) mass is 359 g/mol. The molecular weight excluding hydrogens is 334 g/mol. The molecule has 0 saturated carbocycles. The van der Waals surface area contributed by atoms with Gasteiger partial charge in [0, 0.05) is 18.8 Å². The minimum atomic E-state index is -0.352. The van der Waals surface area contributed by atoms with E-state index in [0.29, 0.717) is 23.1 Å². The highest BCUT2D eigenvalue weighted by Gasteiger charge is 2.13. The van der Waals surface area contributed by atoms with Crippen LogP contribution in [0.5, 0.6) is 11.5 Å². The van der Waals surface area contributed by atoms with E-state index in [1.807, 2.05) is 14.1 Å². The second-order valence-electron chi connectivity index (χ2n) is 5.87. The maximum atomic E-state index is 12.5. The summed E-state index contributed by atoms with van der Waals surface area (Å²) >= 11 is 0. The molecule has 0 radical (unpaired) electrons. The first kappa shape index (κ1) is 19.5. The Balaban J connectivity index is 2.04. The number of hydrogen-bond donors (Lipinski definition) is 2. The number of hydrogen-bond acceptors (Lipinski definition) is 7. The van der Waals surface area contributed by atoms with Gasteiger partial charge in [-0.05, 0) is 45.3 Å². The van der Waals surface area contributed by atoms with E-state index in [0.717, 1.165) is 19.5 Å². The van der Waals surface area contributed by atoms with Crippen molar-refractivity contribution in [3.05, 3.63) is 36.2 Å². The molecule has 140 valence electrons. The largest absolute Gasteiger partial charge is 0.497 e. The average Bonchev–Trinajstić information content (AvgIpc) is 2.65. The Hall–Kier alpha value is -2.87. The Morgan fingerprint density at radius 1 is 1.19 bits per heavy atom. The minimum Gasteiger partial charge on any atom is -0.497 e. The first-order valence-electron chi connectivity index (χ1n) is 8.28. The second-order valence-corrected chi connectivity index (χ2v) is 5.87. The molecule has 0 aliphatic carbocycles. The molecule has 0 aliphatic heterocycles. The molecule has 2 N–H and O–H groups in total. The molecule has 0 spiro atoms. The molecule has 1 aromatic heterocycles. The summed E-state index contributed by atoms with van der Waals surface area (Å²) in [7, 11) is 7.15. The van der Waals surface area contributed by atoms with E-state index in [4.69, 9.17) is 9.47 Å². The van der Waals surface area contributed by atoms with E-state index < -0.39 is 0 Å². The summed E-state index contributed by atoms with van der Waals surface area (Å²) in [6.45, 7) is 1.69. The number of anilines is 2. The molecule has 8 nitrogen and oxygen atoms in total. The predicted octanol–water partition coefficient (Wildman–Crippen LogP) is 2.11. The number of nitrogens with zero attached hydrogens (tertiary/aromatic N) is 3. The van der Waals surface area contributed by atoms with Gasteiger partial charge in [0.2, 0.25) is 5.95 Å². The third-order valence-electron chi connectivity index (χ3n) is 3.61. The lowest BCUT2D eigenvalue weighted by atomic mass is 10.2. The highest BCUT2D eigenvalue weighted by atomic mass is 16.5. The van der Waals surface area contributed by atoms with Crippen LogP contribution in [0.1, 0.15) is 16.9 Å². The first-order chi connectivity index (χ1) is 12.5. The molecule has 0 atom stereocenters. The quantitative estimate of drug-likeness (QED) is 0.663. The standard InChI is InChI=1S/C18H25N5O3/c1-23(2)11-5-9-19-18-20-10-8-14(22-18)17(24)21-15-12-13(25-3)6-7-16(15)26-4/h6-8,10,12H,5,9,11H2,1-4H3,(H,21,24)(H,19,20,22). The Labute approximate surface area is 153 Å². The molecule has 1 aromatic carbocycles. The summed E-state index contributed by atoms with van der Waals surface area (Å²) in [5.41, 5.74) is 0.774. The van der Waals surface area contributed by atoms with Crippen LogP contribution in [0.15, 0.2) is 30.5 Å². The van der Waals surface area contributed by atoms with Crippen molar-refractivity contribution in [2.24, 2.45) is 0 Å². The maximum Gasteiger partial charge on any atom is 0.274 e. The summed E-state index contributed by atoms with van der Waals surface area (Å²) in [6, 6.07) is 6.74. The molecular formula is C18H25N5O3. The molecule has 26 heavy (non-hydrogen) atoms. The van der Waals surface area contributed by atoms with Crippen molar-refractivity contribution in [2.45, 2.75) is 6.42 Å². The fourth-order valence-electron chi connectivity index (χ4n) is 2.26. The van der Waals surface area contributed by atoms with Gasteiger partial charge in [0.25, 0.3) is 5.91 Å². The van der Waals surface area contributed by atoms with E-state index in [1.54, 1.807) is 37.6 Å². The van der Waals surface area contributed by atoms with Gasteiger partial charge >= 0.3 is 0 Å². The van der Waals surface area contributed by atoms with Gasteiger partial charge in [0.1, 0.15) is 17.2 Å². The van der Waals surface area contributed by atoms with Crippen LogP contribution in [0.25, 0.3) is 0 Å². The van der Waals surface area contributed by atoms with Crippen LogP contribution in [-0.2, 0) is 0 Å². The van der Waals surface area contributed by atoms with Crippen LogP contribution < -0.4 is 20.1 Å². The fraction of sp³-hybridized carbons (Fsp3) is 0.389. The number of rotatable bonds is 9. The zero-order chi connectivity index (χ0) is 18.9. The van der Waals surface area contributed by atoms with E-state index in [2.05, 4.69) is 25.5 Å². The molecule has 0 saturated heterocycles. The lowest BCUT2D eigenvalue weighted by Crippen LogP contribution is -2.18. The lowest BCUT2D eigenvalue weighted by molar-refractivity contribution is 0.102. The van der Waals surface area contributed by atoms with E-state index in [-0.39, 0.29) is 11.6 Å². The summed E-state index contributed by atoms with van der Waals surface area (Å²) in [5, 5.41) is 5.92. The molecule has 0 fully saturated rings. The van der Waals surface area contributed by atoms with Crippen LogP contribution in [0, 0.1) is 0 Å². The highest BCUT2D eigenvalue weighted by Crippen LogP contribution is 2.29. The van der Waals surface area contributed by atoms with Gasteiger partial charge in [-0.1, -0.05) is 0 Å². The third-order valence-corrected chi connectivity index (χ3v) is 3.61. The number of amides is 1. The molecule has 0 bridgehead atoms. The van der Waals surface area contributed by atoms with Crippen molar-refractivity contribution in [1.82, 2.24) is 14.9 Å². The third kappa shape index (κ3) is 5.59. The number of aromatic nitrogens is 2. The topological polar surface area (TPSA) is 88.6 Å². The van der Waals surface area contributed by atoms with E-state index in [1.165, 1.54) is 7.11 Å². The lowest BCUT2D eigenvalue weighted by Gasteiger charge is -2.12. The first-order valence-corrected chi connectivity index (χ1v) is 8.28. The summed E-state index contributed by atoms with van der Waals surface area (Å²) in [5.74, 6) is 1.23. The second kappa shape index (κ2) is 9.57. The van der Waals surface area contributed by atoms with E-state index >= 15 is 0 Å². The van der Waals surface area contributed by atoms with Gasteiger partial charge in [-0.15, -0.1) is 0 Å². The Bertz CT molecular complexity index is 737. The molecule has 2 aromatic rings. The number of carbonyl (C=O) groups excluding carboxylic acids is 1. The van der Waals surface area contributed by atoms with Crippen LogP contribution in [-0.4, -0.2) is 62.2 Å². The number of carbonyl (C=O) groups is 1. The zero-order valence-corrected chi connectivity index (χ0v) is 15.6. The SMILES string of the molecule is COc1ccc(OC)c(NC(=O)c2ccnc(NCCCN(C)C)n2)c1. The molecule has 1 amide bonds. The van der Waals surface area contributed by atoms with Crippen LogP contribution in [0.4, 0.5) is 11.6 Å². The predicted molar refractivity (Wildman–Crippen MR) is 101 cm³/mol. The normalized spacial score (nSPS) is 10.5. The summed E-state index contributed by atoms with van der Waals surface area (Å²) in [6.07, 6.45) is 2.51. The summed E-state index contributed by atoms with van der Waals surface area (Å²) in [4.78, 5) is 23.0. The van der Waals surface area contributed by atoms with Crippen molar-refractivity contribution >= 4 is 17.5 Å². The van der Waals surface area contributed by atoms with Crippen molar-refractivity contribution in [2.75, 3.05) is 52.0 Å². The van der Waals surface area contributed by atoms with Crippen LogP contribution in [0.2, 0.25) is 0 Å². The van der Waals surface area contributed by atoms with Crippen molar-refractivity contribution in [1.29, 1.82) is 0 Å². The highest BCUT2D eigenvalue weighted by molar-refractivity contribution is 6.03. The van der Waals surface area contributed by atoms with Crippen molar-refractivity contribution in [3.63, 3.8) is 0 Å². The van der Waals surface area contributed by atoms with Gasteiger partial charge in [-0.25, -0.2) is 9.97 Å². The van der Waals surface area contributed by atoms with E-state index in [9.17, 15) is 4.79 Å². The number of nitrogens with one attached hydrogen (secondary N) is 2. The van der Waals surface area contributed by atoms with Gasteiger partial charge in [-0.2, -0.15) is 0 Å². The molecule has 8 heteroatoms. The van der Waals surface area contributed by atoms with Crippen molar-refractivity contribution in [3.8, 4) is 11.5 Å². The van der Waals surface area contributed by atoms with Gasteiger partial charge in [-0.3, -0.25) is 4.79 Å². The van der Waals surface area contributed by atoms with Gasteiger partial charge < -0.3 is 25.0 Å².